The molecule has 0 spiro atoms. The Kier molecular flexibility index (Phi) is 32.6. The summed E-state index contributed by atoms with van der Waals surface area (Å²) in [7, 11) is 0. The molecule has 0 aromatic rings. The van der Waals surface area contributed by atoms with Crippen LogP contribution in [0, 0.1) is 125 Å². The van der Waals surface area contributed by atoms with Crippen molar-refractivity contribution in [3.05, 3.63) is 12.7 Å². The zero-order valence-electron chi connectivity index (χ0n) is 34.5. The van der Waals surface area contributed by atoms with Gasteiger partial charge in [-0.1, -0.05) is 47.1 Å². The predicted molar refractivity (Wildman–Crippen MR) is 220 cm³/mol. The van der Waals surface area contributed by atoms with Crippen molar-refractivity contribution in [3.63, 3.8) is 0 Å². The molecular weight excluding hydrogens is 739 g/mol. The van der Waals surface area contributed by atoms with Gasteiger partial charge in [0.05, 0.1) is 37.5 Å². The van der Waals surface area contributed by atoms with Crippen molar-refractivity contribution in [1.82, 2.24) is 5.32 Å². The van der Waals surface area contributed by atoms with Crippen LogP contribution in [0.2, 0.25) is 0 Å². The van der Waals surface area contributed by atoms with E-state index in [0.717, 1.165) is 25.7 Å². The Labute approximate surface area is 345 Å². The number of nitrogens with one attached hydrogen (secondary N) is 1. The number of esters is 4. The summed E-state index contributed by atoms with van der Waals surface area (Å²) in [4.78, 5) is 60.5. The van der Waals surface area contributed by atoms with Crippen molar-refractivity contribution in [2.45, 2.75) is 99.0 Å². The van der Waals surface area contributed by atoms with Gasteiger partial charge in [-0.05, 0) is 100 Å². The van der Waals surface area contributed by atoms with Gasteiger partial charge in [0.25, 0.3) is 0 Å². The molecule has 0 aromatic carbocycles. The lowest BCUT2D eigenvalue weighted by Crippen LogP contribution is -2.35. The lowest BCUT2D eigenvalue weighted by Gasteiger charge is -2.22. The molecule has 0 aliphatic heterocycles. The van der Waals surface area contributed by atoms with Crippen LogP contribution in [-0.4, -0.2) is 61.9 Å². The van der Waals surface area contributed by atoms with Crippen LogP contribution in [0.5, 0.6) is 0 Å². The van der Waals surface area contributed by atoms with E-state index in [0.29, 0.717) is 13.0 Å². The zero-order valence-corrected chi connectivity index (χ0v) is 34.5. The fourth-order valence-electron chi connectivity index (χ4n) is 3.78. The summed E-state index contributed by atoms with van der Waals surface area (Å²) in [5.74, 6) is 34.4. The summed E-state index contributed by atoms with van der Waals surface area (Å²) >= 11 is 0. The SMILES string of the molecule is C#CC#CC#CC#CC#CC#CC#CC#CC#COC(=O)C(CC(C)C(=O)OCCNC(=O)OC(C)(C)C)CC(CC)C(=O)OCCCC.C=CC(=O)OCCCC. The molecule has 0 saturated carbocycles. The number of amides is 1. The summed E-state index contributed by atoms with van der Waals surface area (Å²) in [5.41, 5.74) is -0.665. The molecule has 0 bridgehead atoms. The number of ether oxygens (including phenoxy) is 5. The second-order valence-electron chi connectivity index (χ2n) is 12.6. The molecule has 3 unspecified atom stereocenters. The Bertz CT molecular complexity index is 1940. The van der Waals surface area contributed by atoms with Gasteiger partial charge in [0, 0.05) is 53.4 Å². The second kappa shape index (κ2) is 35.6. The van der Waals surface area contributed by atoms with E-state index in [1.54, 1.807) is 27.7 Å². The Hall–Kier alpha value is -7.07. The zero-order chi connectivity index (χ0) is 43.9. The fraction of sp³-hybridized carbons (Fsp3) is 0.468. The van der Waals surface area contributed by atoms with Gasteiger partial charge in [0.1, 0.15) is 18.3 Å². The van der Waals surface area contributed by atoms with Crippen molar-refractivity contribution in [3.8, 4) is 107 Å². The number of hydrogen-bond acceptors (Lipinski definition) is 10. The van der Waals surface area contributed by atoms with Crippen LogP contribution in [0.25, 0.3) is 0 Å². The molecular formula is C47H51NO10. The van der Waals surface area contributed by atoms with E-state index in [4.69, 9.17) is 25.4 Å². The molecule has 0 aromatic heterocycles. The van der Waals surface area contributed by atoms with E-state index in [-0.39, 0.29) is 38.6 Å². The molecule has 3 atom stereocenters. The molecule has 11 nitrogen and oxygen atoms in total. The third kappa shape index (κ3) is 33.5. The second-order valence-corrected chi connectivity index (χ2v) is 12.6. The van der Waals surface area contributed by atoms with E-state index in [1.165, 1.54) is 6.08 Å². The number of rotatable bonds is 18. The Morgan fingerprint density at radius 1 is 0.655 bits per heavy atom. The number of alkyl carbamates (subject to hydrolysis) is 1. The molecule has 0 aliphatic carbocycles. The average molecular weight is 790 g/mol. The van der Waals surface area contributed by atoms with E-state index in [9.17, 15) is 24.0 Å². The molecule has 1 N–H and O–H groups in total. The third-order valence-corrected chi connectivity index (χ3v) is 6.58. The lowest BCUT2D eigenvalue weighted by atomic mass is 9.86. The number of carbonyl (C=O) groups is 5. The Morgan fingerprint density at radius 3 is 1.60 bits per heavy atom. The maximum atomic E-state index is 13.0. The summed E-state index contributed by atoms with van der Waals surface area (Å²) in [5, 5.41) is 2.50. The summed E-state index contributed by atoms with van der Waals surface area (Å²) in [6.45, 7) is 16.6. The van der Waals surface area contributed by atoms with Gasteiger partial charge in [0.15, 0.2) is 0 Å². The fourth-order valence-corrected chi connectivity index (χ4v) is 3.78. The van der Waals surface area contributed by atoms with Gasteiger partial charge in [-0.3, -0.25) is 14.4 Å². The maximum absolute atomic E-state index is 13.0. The van der Waals surface area contributed by atoms with Crippen molar-refractivity contribution in [2.24, 2.45) is 17.8 Å². The van der Waals surface area contributed by atoms with Gasteiger partial charge in [-0.15, -0.1) is 6.42 Å². The summed E-state index contributed by atoms with van der Waals surface area (Å²) < 4.78 is 25.5. The van der Waals surface area contributed by atoms with E-state index >= 15 is 0 Å². The monoisotopic (exact) mass is 789 g/mol. The van der Waals surface area contributed by atoms with Crippen molar-refractivity contribution in [1.29, 1.82) is 0 Å². The van der Waals surface area contributed by atoms with Crippen LogP contribution in [0.3, 0.4) is 0 Å². The predicted octanol–water partition coefficient (Wildman–Crippen LogP) is 5.13. The van der Waals surface area contributed by atoms with Gasteiger partial charge in [-0.25, -0.2) is 9.59 Å². The van der Waals surface area contributed by atoms with Crippen LogP contribution >= 0.6 is 0 Å². The van der Waals surface area contributed by atoms with Crippen LogP contribution in [0.4, 0.5) is 4.79 Å². The van der Waals surface area contributed by atoms with Crippen LogP contribution in [0.15, 0.2) is 12.7 Å². The van der Waals surface area contributed by atoms with Gasteiger partial charge in [0.2, 0.25) is 0 Å². The van der Waals surface area contributed by atoms with Gasteiger partial charge in [-0.2, -0.15) is 0 Å². The highest BCUT2D eigenvalue weighted by molar-refractivity contribution is 5.81. The quantitative estimate of drug-likeness (QED) is 0.0653. The normalized spacial score (nSPS) is 10.2. The molecule has 0 fully saturated rings. The standard InChI is InChI=1S/C40H39NO8.C7H12O2/c1-8-11-13-14-15-16-17-18-19-20-21-22-23-24-25-26-29-47-38(44)35(32-34(10-3)37(43)46-28-12-9-2)31-33(4)36(42)48-30-27-41-39(45)49-40(5,6)7;1-3-5-6-9-7(8)4-2/h1,33-35H,9-10,12,27-28,30-32H2,2-7H3,(H,41,45);4H,2-3,5-6H2,1H3. The molecule has 304 valence electrons. The minimum atomic E-state index is -0.872. The van der Waals surface area contributed by atoms with Crippen molar-refractivity contribution >= 4 is 30.0 Å². The highest BCUT2D eigenvalue weighted by atomic mass is 16.6. The molecule has 58 heavy (non-hydrogen) atoms. The highest BCUT2D eigenvalue weighted by Gasteiger charge is 2.32. The number of unbranched alkanes of at least 4 members (excludes halogenated alkanes) is 2. The van der Waals surface area contributed by atoms with Crippen molar-refractivity contribution in [2.75, 3.05) is 26.4 Å². The number of hydrogen-bond donors (Lipinski definition) is 1. The van der Waals surface area contributed by atoms with E-state index < -0.39 is 47.4 Å². The van der Waals surface area contributed by atoms with Crippen molar-refractivity contribution < 1.29 is 47.7 Å². The number of carbonyl (C=O) groups excluding carboxylic acids is 5. The van der Waals surface area contributed by atoms with Crippen LogP contribution in [0.1, 0.15) is 93.4 Å². The first-order valence-corrected chi connectivity index (χ1v) is 18.5. The first-order valence-electron chi connectivity index (χ1n) is 18.5. The highest BCUT2D eigenvalue weighted by Crippen LogP contribution is 2.25. The molecule has 1 amide bonds. The third-order valence-electron chi connectivity index (χ3n) is 6.58. The first-order chi connectivity index (χ1) is 27.8. The van der Waals surface area contributed by atoms with Gasteiger partial charge < -0.3 is 29.0 Å². The Balaban J connectivity index is 0. The molecule has 0 heterocycles. The first kappa shape index (κ1) is 53.0. The van der Waals surface area contributed by atoms with E-state index in [1.807, 2.05) is 20.8 Å². The molecule has 0 rings (SSSR count). The maximum Gasteiger partial charge on any atom is 0.407 e. The lowest BCUT2D eigenvalue weighted by molar-refractivity contribution is -0.152. The molecule has 11 heteroatoms. The van der Waals surface area contributed by atoms with Crippen LogP contribution < -0.4 is 5.32 Å². The number of terminal acetylenes is 1. The molecule has 0 saturated heterocycles. The smallest absolute Gasteiger partial charge is 0.407 e. The average Bonchev–Trinajstić information content (AvgIpc) is 3.18. The molecule has 0 radical (unpaired) electrons. The minimum absolute atomic E-state index is 0.0243. The largest absolute Gasteiger partial charge is 0.465 e. The topological polar surface area (TPSA) is 144 Å². The Morgan fingerprint density at radius 2 is 1.14 bits per heavy atom. The van der Waals surface area contributed by atoms with E-state index in [2.05, 4.69) is 117 Å². The van der Waals surface area contributed by atoms with Crippen LogP contribution in [-0.2, 0) is 42.9 Å². The summed E-state index contributed by atoms with van der Waals surface area (Å²) in [6, 6.07) is 0. The molecule has 0 aliphatic rings. The van der Waals surface area contributed by atoms with Gasteiger partial charge >= 0.3 is 30.0 Å². The minimum Gasteiger partial charge on any atom is -0.465 e. The summed E-state index contributed by atoms with van der Waals surface area (Å²) in [6.07, 6.45) is 11.8.